The first-order valence-corrected chi connectivity index (χ1v) is 10.4. The van der Waals surface area contributed by atoms with Gasteiger partial charge in [0, 0.05) is 9.15 Å². The first-order chi connectivity index (χ1) is 6.90. The monoisotopic (exact) mass is 334 g/mol. The molecular weight excluding hydrogens is 311 g/mol. The van der Waals surface area contributed by atoms with Crippen LogP contribution >= 0.6 is 22.6 Å². The van der Waals surface area contributed by atoms with Crippen molar-refractivity contribution in [3.63, 3.8) is 0 Å². The Kier molecular flexibility index (Phi) is 7.63. The maximum absolute atomic E-state index is 3.47. The molecule has 0 spiro atoms. The highest BCUT2D eigenvalue weighted by atomic mass is 127. The fraction of sp³-hybridized carbons (Fsp3) is 0.692. The van der Waals surface area contributed by atoms with Gasteiger partial charge in [-0.15, -0.1) is 5.54 Å². The van der Waals surface area contributed by atoms with E-state index >= 15 is 0 Å². The minimum absolute atomic E-state index is 1.15. The van der Waals surface area contributed by atoms with Crippen LogP contribution < -0.4 is 0 Å². The average Bonchev–Trinajstić information content (AvgIpc) is 2.11. The molecule has 0 amide bonds. The second kappa shape index (κ2) is 7.51. The summed E-state index contributed by atoms with van der Waals surface area (Å²) < 4.78 is 1.47. The van der Waals surface area contributed by atoms with Gasteiger partial charge in [0.2, 0.25) is 0 Å². The molecule has 0 saturated carbocycles. The molecule has 0 aromatic carbocycles. The van der Waals surface area contributed by atoms with Crippen molar-refractivity contribution in [1.29, 1.82) is 0 Å². The third kappa shape index (κ3) is 8.10. The molecule has 0 atom stereocenters. The van der Waals surface area contributed by atoms with Gasteiger partial charge in [0.05, 0.1) is 0 Å². The van der Waals surface area contributed by atoms with E-state index in [1.54, 1.807) is 0 Å². The maximum Gasteiger partial charge on any atom is 0.129 e. The molecule has 0 aromatic heterocycles. The standard InChI is InChI=1S/C13H23ISi/c1-6-8-12(13(14)9-7-2)10-11-15(3,4)5/h6-9H2,1-5H3/b13-12+. The second-order valence-electron chi connectivity index (χ2n) is 4.88. The van der Waals surface area contributed by atoms with Crippen molar-refractivity contribution in [3.05, 3.63) is 9.15 Å². The third-order valence-electron chi connectivity index (χ3n) is 1.89. The fourth-order valence-corrected chi connectivity index (χ4v) is 2.62. The zero-order valence-corrected chi connectivity index (χ0v) is 13.9. The summed E-state index contributed by atoms with van der Waals surface area (Å²) in [4.78, 5) is 0. The highest BCUT2D eigenvalue weighted by molar-refractivity contribution is 14.1. The lowest BCUT2D eigenvalue weighted by atomic mass is 10.1. The molecule has 2 heteroatoms. The predicted molar refractivity (Wildman–Crippen MR) is 82.0 cm³/mol. The molecule has 0 N–H and O–H groups in total. The van der Waals surface area contributed by atoms with Crippen LogP contribution in [0, 0.1) is 11.5 Å². The molecule has 0 heterocycles. The van der Waals surface area contributed by atoms with E-state index in [0.29, 0.717) is 0 Å². The van der Waals surface area contributed by atoms with Crippen LogP contribution in [0.4, 0.5) is 0 Å². The van der Waals surface area contributed by atoms with Crippen molar-refractivity contribution in [2.45, 2.75) is 59.2 Å². The summed E-state index contributed by atoms with van der Waals surface area (Å²) in [6.45, 7) is 11.4. The summed E-state index contributed by atoms with van der Waals surface area (Å²) in [6.07, 6.45) is 4.76. The Bertz CT molecular complexity index is 273. The number of rotatable bonds is 4. The van der Waals surface area contributed by atoms with Gasteiger partial charge in [-0.3, -0.25) is 0 Å². The molecule has 0 unspecified atom stereocenters. The smallest absolute Gasteiger partial charge is 0.127 e. The summed E-state index contributed by atoms with van der Waals surface area (Å²) in [5.74, 6) is 3.43. The van der Waals surface area contributed by atoms with Crippen LogP contribution in [0.25, 0.3) is 0 Å². The molecule has 0 nitrogen and oxygen atoms in total. The third-order valence-corrected chi connectivity index (χ3v) is 3.95. The van der Waals surface area contributed by atoms with Crippen molar-refractivity contribution >= 4 is 30.7 Å². The Morgan fingerprint density at radius 2 is 1.60 bits per heavy atom. The van der Waals surface area contributed by atoms with Crippen LogP contribution in [-0.2, 0) is 0 Å². The van der Waals surface area contributed by atoms with Crippen molar-refractivity contribution in [2.75, 3.05) is 0 Å². The summed E-state index contributed by atoms with van der Waals surface area (Å²) >= 11 is 2.47. The van der Waals surface area contributed by atoms with Gasteiger partial charge >= 0.3 is 0 Å². The molecule has 0 aliphatic carbocycles. The number of allylic oxidation sites excluding steroid dienone is 2. The molecule has 0 aliphatic rings. The van der Waals surface area contributed by atoms with Crippen LogP contribution in [0.15, 0.2) is 9.15 Å². The minimum Gasteiger partial charge on any atom is -0.127 e. The van der Waals surface area contributed by atoms with Crippen LogP contribution in [0.2, 0.25) is 19.6 Å². The molecule has 0 rings (SSSR count). The molecule has 0 radical (unpaired) electrons. The van der Waals surface area contributed by atoms with Crippen molar-refractivity contribution in [2.24, 2.45) is 0 Å². The van der Waals surface area contributed by atoms with Crippen LogP contribution in [-0.4, -0.2) is 8.07 Å². The molecule has 0 aliphatic heterocycles. The van der Waals surface area contributed by atoms with Gasteiger partial charge in [-0.2, -0.15) is 0 Å². The fourth-order valence-electron chi connectivity index (χ4n) is 1.15. The maximum atomic E-state index is 3.47. The Morgan fingerprint density at radius 3 is 2.00 bits per heavy atom. The molecular formula is C13H23ISi. The van der Waals surface area contributed by atoms with Crippen LogP contribution in [0.5, 0.6) is 0 Å². The Balaban J connectivity index is 4.79. The Morgan fingerprint density at radius 1 is 1.07 bits per heavy atom. The van der Waals surface area contributed by atoms with Gasteiger partial charge < -0.3 is 0 Å². The predicted octanol–water partition coefficient (Wildman–Crippen LogP) is 5.16. The van der Waals surface area contributed by atoms with Crippen molar-refractivity contribution < 1.29 is 0 Å². The largest absolute Gasteiger partial charge is 0.129 e. The van der Waals surface area contributed by atoms with E-state index in [4.69, 9.17) is 0 Å². The van der Waals surface area contributed by atoms with E-state index in [9.17, 15) is 0 Å². The summed E-state index contributed by atoms with van der Waals surface area (Å²) in [7, 11) is -1.22. The quantitative estimate of drug-likeness (QED) is 0.379. The lowest BCUT2D eigenvalue weighted by Gasteiger charge is -2.06. The second-order valence-corrected chi connectivity index (χ2v) is 10.9. The average molecular weight is 334 g/mol. The zero-order chi connectivity index (χ0) is 11.9. The minimum atomic E-state index is -1.22. The summed E-state index contributed by atoms with van der Waals surface area (Å²) in [6, 6.07) is 0. The van der Waals surface area contributed by atoms with Crippen molar-refractivity contribution in [1.82, 2.24) is 0 Å². The normalized spacial score (nSPS) is 12.9. The molecule has 0 aromatic rings. The van der Waals surface area contributed by atoms with E-state index in [-0.39, 0.29) is 0 Å². The number of hydrogen-bond donors (Lipinski definition) is 0. The number of halogens is 1. The number of hydrogen-bond acceptors (Lipinski definition) is 0. The molecule has 15 heavy (non-hydrogen) atoms. The van der Waals surface area contributed by atoms with Gasteiger partial charge in [-0.25, -0.2) is 0 Å². The van der Waals surface area contributed by atoms with E-state index in [2.05, 4.69) is 67.5 Å². The van der Waals surface area contributed by atoms with E-state index < -0.39 is 8.07 Å². The van der Waals surface area contributed by atoms with Crippen LogP contribution in [0.1, 0.15) is 39.5 Å². The summed E-state index contributed by atoms with van der Waals surface area (Å²) in [5, 5.41) is 0. The zero-order valence-electron chi connectivity index (χ0n) is 10.7. The highest BCUT2D eigenvalue weighted by Gasteiger charge is 2.08. The highest BCUT2D eigenvalue weighted by Crippen LogP contribution is 2.21. The Labute approximate surface area is 110 Å². The Hall–Kier alpha value is 0.247. The van der Waals surface area contributed by atoms with E-state index in [1.165, 1.54) is 28.4 Å². The van der Waals surface area contributed by atoms with Crippen LogP contribution in [0.3, 0.4) is 0 Å². The van der Waals surface area contributed by atoms with E-state index in [1.807, 2.05) is 0 Å². The van der Waals surface area contributed by atoms with E-state index in [0.717, 1.165) is 6.42 Å². The molecule has 0 saturated heterocycles. The first kappa shape index (κ1) is 15.2. The topological polar surface area (TPSA) is 0 Å². The first-order valence-electron chi connectivity index (χ1n) is 5.81. The van der Waals surface area contributed by atoms with Gasteiger partial charge in [-0.1, -0.05) is 52.3 Å². The molecule has 0 bridgehead atoms. The van der Waals surface area contributed by atoms with Crippen molar-refractivity contribution in [3.8, 4) is 11.5 Å². The molecule has 86 valence electrons. The van der Waals surface area contributed by atoms with Gasteiger partial charge in [-0.05, 0) is 35.4 Å². The van der Waals surface area contributed by atoms with Gasteiger partial charge in [0.15, 0.2) is 0 Å². The molecule has 0 fully saturated rings. The SMILES string of the molecule is CCC/C(I)=C(\C#C[Si](C)(C)C)CCC. The van der Waals surface area contributed by atoms with Gasteiger partial charge in [0.25, 0.3) is 0 Å². The lowest BCUT2D eigenvalue weighted by Crippen LogP contribution is -2.16. The lowest BCUT2D eigenvalue weighted by molar-refractivity contribution is 0.896. The van der Waals surface area contributed by atoms with Gasteiger partial charge in [0.1, 0.15) is 8.07 Å². The summed E-state index contributed by atoms with van der Waals surface area (Å²) in [5.41, 5.74) is 4.86.